The average molecular weight is 744 g/mol. The number of nitrogens with zero attached hydrogens (tertiary/aromatic N) is 5. The van der Waals surface area contributed by atoms with E-state index >= 15 is 0 Å². The van der Waals surface area contributed by atoms with E-state index in [0.717, 1.165) is 10.8 Å². The SMILES string of the molecule is [2H]c1cc([2H])c2c(c1[2H])c1c([2H])c([2H])cc([2H])c1n2-c1ccccc1-c1nc(-c2ccc3c(c2)oc2ccccc23)nc(-c2ccccc2-n2c3c([2H])c([2H])c([2H])c([2H])c3c3c([2H])c([2H])c([2H])c([2H])c32)n1. The van der Waals surface area contributed by atoms with Gasteiger partial charge in [-0.2, -0.15) is 0 Å². The van der Waals surface area contributed by atoms with Crippen molar-refractivity contribution < 1.29 is 23.6 Å². The molecule has 0 saturated heterocycles. The van der Waals surface area contributed by atoms with Gasteiger partial charge in [0.25, 0.3) is 0 Å². The quantitative estimate of drug-likeness (QED) is 0.176. The van der Waals surface area contributed by atoms with E-state index < -0.39 is 48.3 Å². The molecule has 12 aromatic rings. The number of rotatable bonds is 5. The van der Waals surface area contributed by atoms with Crippen molar-refractivity contribution in [3.63, 3.8) is 0 Å². The van der Waals surface area contributed by atoms with E-state index in [2.05, 4.69) is 0 Å². The maximum atomic E-state index is 9.21. The van der Waals surface area contributed by atoms with Crippen molar-refractivity contribution >= 4 is 65.6 Å². The third-order valence-corrected chi connectivity index (χ3v) is 10.2. The molecule has 266 valence electrons. The monoisotopic (exact) mass is 743 g/mol. The lowest BCUT2D eigenvalue weighted by Crippen LogP contribution is -2.05. The highest BCUT2D eigenvalue weighted by molar-refractivity contribution is 6.11. The number of benzene rings is 8. The van der Waals surface area contributed by atoms with Gasteiger partial charge in [-0.15, -0.1) is 0 Å². The van der Waals surface area contributed by atoms with Crippen LogP contribution in [0.5, 0.6) is 0 Å². The van der Waals surface area contributed by atoms with E-state index in [1.807, 2.05) is 36.4 Å². The maximum absolute atomic E-state index is 9.21. The fourth-order valence-corrected chi connectivity index (χ4v) is 7.74. The third kappa shape index (κ3) is 4.81. The minimum absolute atomic E-state index is 0.0287. The molecule has 6 nitrogen and oxygen atoms in total. The van der Waals surface area contributed by atoms with Crippen LogP contribution in [0.3, 0.4) is 0 Å². The van der Waals surface area contributed by atoms with Gasteiger partial charge in [0, 0.05) is 49.0 Å². The summed E-state index contributed by atoms with van der Waals surface area (Å²) in [5.74, 6) is 0.235. The van der Waals surface area contributed by atoms with E-state index in [9.17, 15) is 2.74 Å². The molecule has 0 saturated carbocycles. The summed E-state index contributed by atoms with van der Waals surface area (Å²) < 4.78 is 134. The van der Waals surface area contributed by atoms with Crippen LogP contribution in [0, 0.1) is 0 Å². The van der Waals surface area contributed by atoms with Crippen LogP contribution in [0.2, 0.25) is 0 Å². The van der Waals surface area contributed by atoms with Crippen molar-refractivity contribution in [2.75, 3.05) is 0 Å². The van der Waals surface area contributed by atoms with Crippen LogP contribution in [0.1, 0.15) is 19.2 Å². The summed E-state index contributed by atoms with van der Waals surface area (Å²) in [4.78, 5) is 15.2. The highest BCUT2D eigenvalue weighted by atomic mass is 16.3. The van der Waals surface area contributed by atoms with Crippen LogP contribution in [0.4, 0.5) is 0 Å². The van der Waals surface area contributed by atoms with Crippen molar-refractivity contribution in [2.24, 2.45) is 0 Å². The van der Waals surface area contributed by atoms with Crippen molar-refractivity contribution in [3.8, 4) is 45.5 Å². The second kappa shape index (κ2) is 12.3. The minimum atomic E-state index is -0.578. The molecule has 8 aromatic carbocycles. The summed E-state index contributed by atoms with van der Waals surface area (Å²) in [5.41, 5.74) is 2.87. The summed E-state index contributed by atoms with van der Waals surface area (Å²) in [6.45, 7) is 0. The minimum Gasteiger partial charge on any atom is -0.456 e. The van der Waals surface area contributed by atoms with E-state index in [1.165, 1.54) is 16.7 Å². The molecular weight excluding hydrogens is 699 g/mol. The number of hydrogen-bond acceptors (Lipinski definition) is 4. The molecule has 0 fully saturated rings. The van der Waals surface area contributed by atoms with Crippen molar-refractivity contribution in [1.29, 1.82) is 0 Å². The normalized spacial score (nSPS) is 15.3. The molecule has 0 radical (unpaired) electrons. The fraction of sp³-hybridized carbons (Fsp3) is 0. The molecule has 0 bridgehead atoms. The standard InChI is InChI=1S/C51H31N5O/c1-8-22-41-33(15-1)34-16-2-9-23-42(34)55(41)45-26-12-5-20-39(45)50-52-49(32-29-30-38-37-19-7-14-28-47(37)57-48(38)31-32)53-51(54-50)40-21-6-13-27-46(40)56-43-24-10-3-17-35(43)36-18-4-11-25-44(36)56/h1-31H/i1D,2D,3D,4D,8D,9D,15D,16D,17D,18D,22D,23D,24D,25D. The Bertz CT molecular complexity index is 4220. The first kappa shape index (κ1) is 20.7. The predicted molar refractivity (Wildman–Crippen MR) is 232 cm³/mol. The molecule has 0 aliphatic rings. The number of furan rings is 1. The fourth-order valence-electron chi connectivity index (χ4n) is 7.74. The molecule has 0 unspecified atom stereocenters. The Balaban J connectivity index is 1.20. The first-order valence-corrected chi connectivity index (χ1v) is 18.0. The van der Waals surface area contributed by atoms with Crippen molar-refractivity contribution in [2.45, 2.75) is 0 Å². The lowest BCUT2D eigenvalue weighted by molar-refractivity contribution is 0.669. The lowest BCUT2D eigenvalue weighted by Gasteiger charge is -2.16. The second-order valence-electron chi connectivity index (χ2n) is 13.3. The molecule has 0 aliphatic heterocycles. The van der Waals surface area contributed by atoms with Gasteiger partial charge in [0.05, 0.1) is 52.6 Å². The molecule has 6 heteroatoms. The first-order valence-electron chi connectivity index (χ1n) is 25.0. The molecule has 4 aromatic heterocycles. The molecule has 0 N–H and O–H groups in total. The van der Waals surface area contributed by atoms with Gasteiger partial charge in [0.15, 0.2) is 17.5 Å². The first-order chi connectivity index (χ1) is 34.1. The highest BCUT2D eigenvalue weighted by Gasteiger charge is 2.22. The van der Waals surface area contributed by atoms with Gasteiger partial charge in [0.1, 0.15) is 11.2 Å². The average Bonchev–Trinajstić information content (AvgIpc) is 4.06. The van der Waals surface area contributed by atoms with Gasteiger partial charge in [0.2, 0.25) is 0 Å². The molecule has 0 atom stereocenters. The Hall–Kier alpha value is -7.83. The van der Waals surface area contributed by atoms with Crippen LogP contribution in [-0.2, 0) is 0 Å². The summed E-state index contributed by atoms with van der Waals surface area (Å²) in [6, 6.07) is 23.5. The smallest absolute Gasteiger partial charge is 0.166 e. The van der Waals surface area contributed by atoms with Crippen LogP contribution >= 0.6 is 0 Å². The molecule has 0 amide bonds. The van der Waals surface area contributed by atoms with E-state index in [0.29, 0.717) is 28.0 Å². The Morgan fingerprint density at radius 3 is 1.47 bits per heavy atom. The Kier molecular flexibility index (Phi) is 4.49. The Labute approximate surface area is 346 Å². The van der Waals surface area contributed by atoms with Gasteiger partial charge in [-0.3, -0.25) is 0 Å². The zero-order valence-corrected chi connectivity index (χ0v) is 29.5. The van der Waals surface area contributed by atoms with Crippen LogP contribution in [-0.4, -0.2) is 24.1 Å². The van der Waals surface area contributed by atoms with Gasteiger partial charge < -0.3 is 13.6 Å². The van der Waals surface area contributed by atoms with Gasteiger partial charge in [-0.05, 0) is 66.6 Å². The molecule has 0 aliphatic carbocycles. The maximum Gasteiger partial charge on any atom is 0.166 e. The molecule has 4 heterocycles. The van der Waals surface area contributed by atoms with Gasteiger partial charge >= 0.3 is 0 Å². The Morgan fingerprint density at radius 1 is 0.386 bits per heavy atom. The molecular formula is C51H31N5O. The largest absolute Gasteiger partial charge is 0.456 e. The summed E-state index contributed by atoms with van der Waals surface area (Å²) in [5, 5.41) is 1.65. The number of fused-ring (bicyclic) bond motifs is 9. The summed E-state index contributed by atoms with van der Waals surface area (Å²) in [6.07, 6.45) is 0. The Morgan fingerprint density at radius 2 is 0.860 bits per heavy atom. The van der Waals surface area contributed by atoms with Crippen molar-refractivity contribution in [1.82, 2.24) is 24.1 Å². The van der Waals surface area contributed by atoms with E-state index in [4.69, 9.17) is 35.8 Å². The van der Waals surface area contributed by atoms with E-state index in [-0.39, 0.29) is 109 Å². The highest BCUT2D eigenvalue weighted by Crippen LogP contribution is 2.39. The van der Waals surface area contributed by atoms with Gasteiger partial charge in [-0.25, -0.2) is 15.0 Å². The van der Waals surface area contributed by atoms with Gasteiger partial charge in [-0.1, -0.05) is 121 Å². The molecule has 57 heavy (non-hydrogen) atoms. The number of aromatic nitrogens is 5. The molecule has 0 spiro atoms. The third-order valence-electron chi connectivity index (χ3n) is 10.2. The lowest BCUT2D eigenvalue weighted by atomic mass is 10.1. The summed E-state index contributed by atoms with van der Waals surface area (Å²) >= 11 is 0. The van der Waals surface area contributed by atoms with Crippen LogP contribution < -0.4 is 0 Å². The predicted octanol–water partition coefficient (Wildman–Crippen LogP) is 13.0. The van der Waals surface area contributed by atoms with Crippen LogP contribution in [0.25, 0.3) is 111 Å². The van der Waals surface area contributed by atoms with Crippen LogP contribution in [0.15, 0.2) is 192 Å². The summed E-state index contributed by atoms with van der Waals surface area (Å²) in [7, 11) is 0. The number of para-hydroxylation sites is 7. The van der Waals surface area contributed by atoms with E-state index in [1.54, 1.807) is 59.2 Å². The van der Waals surface area contributed by atoms with Crippen molar-refractivity contribution in [3.05, 3.63) is 188 Å². The topological polar surface area (TPSA) is 61.7 Å². The zero-order chi connectivity index (χ0) is 49.6. The molecule has 12 rings (SSSR count). The number of hydrogen-bond donors (Lipinski definition) is 0. The second-order valence-corrected chi connectivity index (χ2v) is 13.3. The zero-order valence-electron chi connectivity index (χ0n) is 43.5.